The van der Waals surface area contributed by atoms with Gasteiger partial charge in [-0.25, -0.2) is 0 Å². The van der Waals surface area contributed by atoms with E-state index < -0.39 is 0 Å². The molecule has 0 spiro atoms. The van der Waals surface area contributed by atoms with Gasteiger partial charge in [0.25, 0.3) is 0 Å². The first-order valence-electron chi connectivity index (χ1n) is 3.84. The van der Waals surface area contributed by atoms with Gasteiger partial charge in [0, 0.05) is 5.92 Å². The number of fused-ring (bicyclic) bond motifs is 1. The van der Waals surface area contributed by atoms with E-state index in [1.54, 1.807) is 6.08 Å². The smallest absolute Gasteiger partial charge is 0.159 e. The summed E-state index contributed by atoms with van der Waals surface area (Å²) in [6, 6.07) is 0. The predicted octanol–water partition coefficient (Wildman–Crippen LogP) is 1.79. The molecule has 0 aromatic heterocycles. The summed E-state index contributed by atoms with van der Waals surface area (Å²) in [6.45, 7) is 4.38. The first-order chi connectivity index (χ1) is 4.62. The molecular weight excluding hydrogens is 124 g/mol. The van der Waals surface area contributed by atoms with Gasteiger partial charge in [-0.15, -0.1) is 0 Å². The van der Waals surface area contributed by atoms with Crippen LogP contribution in [0, 0.1) is 17.3 Å². The summed E-state index contributed by atoms with van der Waals surface area (Å²) in [5.41, 5.74) is 0.270. The van der Waals surface area contributed by atoms with Crippen LogP contribution in [-0.2, 0) is 4.79 Å². The molecule has 0 unspecified atom stereocenters. The number of rotatable bonds is 0. The summed E-state index contributed by atoms with van der Waals surface area (Å²) in [7, 11) is 0. The van der Waals surface area contributed by atoms with Crippen LogP contribution >= 0.6 is 0 Å². The van der Waals surface area contributed by atoms with Gasteiger partial charge >= 0.3 is 0 Å². The van der Waals surface area contributed by atoms with Crippen LogP contribution in [0.5, 0.6) is 0 Å². The molecule has 1 nitrogen and oxygen atoms in total. The third kappa shape index (κ3) is 0.511. The highest BCUT2D eigenvalue weighted by molar-refractivity contribution is 5.94. The third-order valence-electron chi connectivity index (χ3n) is 3.18. The molecule has 1 heteroatoms. The minimum atomic E-state index is 0.270. The Hall–Kier alpha value is -0.590. The Kier molecular flexibility index (Phi) is 0.936. The van der Waals surface area contributed by atoms with Gasteiger partial charge in [0.15, 0.2) is 5.78 Å². The Balaban J connectivity index is 2.37. The second kappa shape index (κ2) is 1.52. The average Bonchev–Trinajstić information content (AvgIpc) is 1.87. The number of hydrogen-bond acceptors (Lipinski definition) is 1. The predicted molar refractivity (Wildman–Crippen MR) is 39.5 cm³/mol. The standard InChI is InChI=1S/C9H12O/c1-9(2)6-3-4-8(10)7(9)5-6/h3-4,6-7H,5H2,1-2H3/t6-,7-/m0/s1. The summed E-state index contributed by atoms with van der Waals surface area (Å²) in [5, 5.41) is 0. The lowest BCUT2D eigenvalue weighted by atomic mass is 9.51. The molecule has 3 rings (SSSR count). The molecule has 0 amide bonds. The van der Waals surface area contributed by atoms with Gasteiger partial charge in [-0.3, -0.25) is 4.79 Å². The second-order valence-corrected chi connectivity index (χ2v) is 3.98. The molecule has 10 heavy (non-hydrogen) atoms. The van der Waals surface area contributed by atoms with Crippen molar-refractivity contribution < 1.29 is 4.79 Å². The summed E-state index contributed by atoms with van der Waals surface area (Å²) < 4.78 is 0. The molecule has 3 aliphatic rings. The van der Waals surface area contributed by atoms with Crippen molar-refractivity contribution in [2.24, 2.45) is 17.3 Å². The van der Waals surface area contributed by atoms with Crippen LogP contribution in [0.2, 0.25) is 0 Å². The topological polar surface area (TPSA) is 17.1 Å². The molecule has 1 saturated carbocycles. The maximum atomic E-state index is 11.2. The van der Waals surface area contributed by atoms with Crippen LogP contribution in [0.15, 0.2) is 12.2 Å². The minimum absolute atomic E-state index is 0.270. The second-order valence-electron chi connectivity index (χ2n) is 3.98. The van der Waals surface area contributed by atoms with E-state index in [9.17, 15) is 4.79 Å². The highest BCUT2D eigenvalue weighted by atomic mass is 16.1. The Morgan fingerprint density at radius 3 is 2.60 bits per heavy atom. The number of allylic oxidation sites excluding steroid dienone is 2. The summed E-state index contributed by atoms with van der Waals surface area (Å²) in [5.74, 6) is 1.35. The van der Waals surface area contributed by atoms with Crippen LogP contribution < -0.4 is 0 Å². The van der Waals surface area contributed by atoms with Gasteiger partial charge in [-0.1, -0.05) is 19.9 Å². The van der Waals surface area contributed by atoms with E-state index in [1.807, 2.05) is 0 Å². The zero-order chi connectivity index (χ0) is 7.35. The largest absolute Gasteiger partial charge is 0.295 e. The van der Waals surface area contributed by atoms with Crippen LogP contribution in [0.25, 0.3) is 0 Å². The molecule has 1 fully saturated rings. The number of hydrogen-bond donors (Lipinski definition) is 0. The Morgan fingerprint density at radius 1 is 1.60 bits per heavy atom. The molecule has 0 aliphatic heterocycles. The Morgan fingerprint density at radius 2 is 2.30 bits per heavy atom. The molecule has 54 valence electrons. The van der Waals surface area contributed by atoms with E-state index >= 15 is 0 Å². The van der Waals surface area contributed by atoms with Crippen LogP contribution in [0.1, 0.15) is 20.3 Å². The van der Waals surface area contributed by atoms with Gasteiger partial charge in [-0.05, 0) is 23.8 Å². The molecule has 2 bridgehead atoms. The fourth-order valence-electron chi connectivity index (χ4n) is 2.10. The average molecular weight is 136 g/mol. The summed E-state index contributed by atoms with van der Waals surface area (Å²) in [4.78, 5) is 11.2. The molecule has 3 aliphatic carbocycles. The van der Waals surface area contributed by atoms with Crippen molar-refractivity contribution in [3.63, 3.8) is 0 Å². The lowest BCUT2D eigenvalue weighted by Crippen LogP contribution is -2.50. The maximum absolute atomic E-state index is 11.2. The third-order valence-corrected chi connectivity index (χ3v) is 3.18. The van der Waals surface area contributed by atoms with Gasteiger partial charge in [-0.2, -0.15) is 0 Å². The monoisotopic (exact) mass is 136 g/mol. The van der Waals surface area contributed by atoms with Crippen molar-refractivity contribution in [2.75, 3.05) is 0 Å². The molecule has 2 atom stereocenters. The normalized spacial score (nSPS) is 41.2. The van der Waals surface area contributed by atoms with E-state index in [0.717, 1.165) is 6.42 Å². The zero-order valence-electron chi connectivity index (χ0n) is 6.42. The van der Waals surface area contributed by atoms with E-state index in [2.05, 4.69) is 19.9 Å². The van der Waals surface area contributed by atoms with Crippen molar-refractivity contribution in [1.82, 2.24) is 0 Å². The van der Waals surface area contributed by atoms with Crippen molar-refractivity contribution in [3.8, 4) is 0 Å². The van der Waals surface area contributed by atoms with E-state index in [0.29, 0.717) is 17.6 Å². The van der Waals surface area contributed by atoms with Crippen LogP contribution in [0.3, 0.4) is 0 Å². The highest BCUT2D eigenvalue weighted by Crippen LogP contribution is 2.54. The first kappa shape index (κ1) is 6.14. The summed E-state index contributed by atoms with van der Waals surface area (Å²) in [6.07, 6.45) is 4.93. The molecular formula is C9H12O. The van der Waals surface area contributed by atoms with Gasteiger partial charge < -0.3 is 0 Å². The van der Waals surface area contributed by atoms with Gasteiger partial charge in [0.05, 0.1) is 0 Å². The Labute approximate surface area is 61.1 Å². The molecule has 0 saturated heterocycles. The van der Waals surface area contributed by atoms with E-state index in [-0.39, 0.29) is 5.41 Å². The molecule has 0 aromatic rings. The first-order valence-corrected chi connectivity index (χ1v) is 3.84. The highest BCUT2D eigenvalue weighted by Gasteiger charge is 2.51. The fourth-order valence-corrected chi connectivity index (χ4v) is 2.10. The lowest BCUT2D eigenvalue weighted by Gasteiger charge is -2.52. The van der Waals surface area contributed by atoms with Crippen LogP contribution in [0.4, 0.5) is 0 Å². The van der Waals surface area contributed by atoms with Crippen molar-refractivity contribution in [1.29, 1.82) is 0 Å². The molecule has 0 N–H and O–H groups in total. The van der Waals surface area contributed by atoms with Crippen molar-refractivity contribution >= 4 is 5.78 Å². The Bertz CT molecular complexity index is 213. The van der Waals surface area contributed by atoms with E-state index in [4.69, 9.17) is 0 Å². The quantitative estimate of drug-likeness (QED) is 0.496. The van der Waals surface area contributed by atoms with Crippen LogP contribution in [-0.4, -0.2) is 5.78 Å². The zero-order valence-corrected chi connectivity index (χ0v) is 6.42. The SMILES string of the molecule is CC1(C)[C@H]2C=CC(=O)[C@@H]1C2. The molecule has 0 aromatic carbocycles. The molecule has 0 heterocycles. The van der Waals surface area contributed by atoms with Gasteiger partial charge in [0.1, 0.15) is 0 Å². The summed E-state index contributed by atoms with van der Waals surface area (Å²) >= 11 is 0. The molecule has 0 radical (unpaired) electrons. The fraction of sp³-hybridized carbons (Fsp3) is 0.667. The minimum Gasteiger partial charge on any atom is -0.295 e. The van der Waals surface area contributed by atoms with E-state index in [1.165, 1.54) is 0 Å². The maximum Gasteiger partial charge on any atom is 0.159 e. The van der Waals surface area contributed by atoms with Crippen molar-refractivity contribution in [2.45, 2.75) is 20.3 Å². The number of ketones is 1. The number of carbonyl (C=O) groups is 1. The lowest BCUT2D eigenvalue weighted by molar-refractivity contribution is -0.132. The number of carbonyl (C=O) groups excluding carboxylic acids is 1. The van der Waals surface area contributed by atoms with Gasteiger partial charge in [0.2, 0.25) is 0 Å². The van der Waals surface area contributed by atoms with Crippen molar-refractivity contribution in [3.05, 3.63) is 12.2 Å².